The van der Waals surface area contributed by atoms with Crippen LogP contribution in [-0.4, -0.2) is 17.9 Å². The maximum absolute atomic E-state index is 10.5. The van der Waals surface area contributed by atoms with E-state index in [1.54, 1.807) is 13.8 Å². The Labute approximate surface area is 65.6 Å². The lowest BCUT2D eigenvalue weighted by atomic mass is 10.1. The van der Waals surface area contributed by atoms with Crippen LogP contribution in [0.4, 0.5) is 0 Å². The number of carboxylic acid groups (broad SMARTS) is 1. The van der Waals surface area contributed by atoms with Crippen LogP contribution in [0.15, 0.2) is 0 Å². The molecule has 0 rings (SSSR count). The molecule has 1 amide bonds. The van der Waals surface area contributed by atoms with Crippen molar-refractivity contribution in [2.45, 2.75) is 26.8 Å². The van der Waals surface area contributed by atoms with Gasteiger partial charge in [0.05, 0.1) is 12.0 Å². The van der Waals surface area contributed by atoms with Gasteiger partial charge in [-0.15, -0.1) is 0 Å². The first kappa shape index (κ1) is 9.94. The average Bonchev–Trinajstić information content (AvgIpc) is 1.81. The van der Waals surface area contributed by atoms with Crippen molar-refractivity contribution in [3.63, 3.8) is 0 Å². The van der Waals surface area contributed by atoms with Gasteiger partial charge in [0.25, 0.3) is 0 Å². The highest BCUT2D eigenvalue weighted by molar-refractivity contribution is 5.81. The summed E-state index contributed by atoms with van der Waals surface area (Å²) in [6.45, 7) is 4.69. The van der Waals surface area contributed by atoms with Crippen LogP contribution >= 0.6 is 0 Å². The Kier molecular flexibility index (Phi) is 3.57. The van der Waals surface area contributed by atoms with Crippen LogP contribution in [0.25, 0.3) is 0 Å². The molecule has 0 bridgehead atoms. The third-order valence-electron chi connectivity index (χ3n) is 1.28. The van der Waals surface area contributed by atoms with Gasteiger partial charge in [-0.2, -0.15) is 0 Å². The van der Waals surface area contributed by atoms with Crippen LogP contribution in [0.5, 0.6) is 0 Å². The van der Waals surface area contributed by atoms with E-state index in [9.17, 15) is 14.7 Å². The molecule has 0 aliphatic heterocycles. The van der Waals surface area contributed by atoms with Crippen molar-refractivity contribution in [1.29, 1.82) is 0 Å². The van der Waals surface area contributed by atoms with E-state index in [0.717, 1.165) is 0 Å². The SMILES string of the molecule is CC(=O)NC(C(=O)[O-])C(C)C. The molecule has 4 nitrogen and oxygen atoms in total. The third-order valence-corrected chi connectivity index (χ3v) is 1.28. The van der Waals surface area contributed by atoms with E-state index in [-0.39, 0.29) is 11.8 Å². The van der Waals surface area contributed by atoms with E-state index < -0.39 is 12.0 Å². The standard InChI is InChI=1S/C7H13NO3/c1-4(2)6(7(10)11)8-5(3)9/h4,6H,1-3H3,(H,8,9)(H,10,11)/p-1. The Morgan fingerprint density at radius 2 is 1.82 bits per heavy atom. The second-order valence-electron chi connectivity index (χ2n) is 2.74. The Morgan fingerprint density at radius 3 is 1.91 bits per heavy atom. The maximum atomic E-state index is 10.5. The van der Waals surface area contributed by atoms with Crippen molar-refractivity contribution >= 4 is 11.9 Å². The fraction of sp³-hybridized carbons (Fsp3) is 0.714. The summed E-state index contributed by atoms with van der Waals surface area (Å²) in [5.41, 5.74) is 0. The van der Waals surface area contributed by atoms with Crippen molar-refractivity contribution in [2.24, 2.45) is 5.92 Å². The van der Waals surface area contributed by atoms with E-state index in [2.05, 4.69) is 5.32 Å². The smallest absolute Gasteiger partial charge is 0.217 e. The fourth-order valence-corrected chi connectivity index (χ4v) is 0.717. The maximum Gasteiger partial charge on any atom is 0.217 e. The van der Waals surface area contributed by atoms with E-state index in [0.29, 0.717) is 0 Å². The molecule has 4 heteroatoms. The fourth-order valence-electron chi connectivity index (χ4n) is 0.717. The Balaban J connectivity index is 4.12. The molecule has 0 aliphatic carbocycles. The molecule has 0 aromatic rings. The van der Waals surface area contributed by atoms with Crippen molar-refractivity contribution in [1.82, 2.24) is 5.32 Å². The lowest BCUT2D eigenvalue weighted by Gasteiger charge is -2.22. The summed E-state index contributed by atoms with van der Waals surface area (Å²) in [5.74, 6) is -1.74. The normalized spacial score (nSPS) is 12.7. The van der Waals surface area contributed by atoms with E-state index >= 15 is 0 Å². The summed E-state index contributed by atoms with van der Waals surface area (Å²) in [6, 6.07) is -0.882. The monoisotopic (exact) mass is 158 g/mol. The molecule has 64 valence electrons. The molecule has 0 heterocycles. The molecule has 0 aromatic carbocycles. The lowest BCUT2D eigenvalue weighted by Crippen LogP contribution is -2.50. The molecule has 0 fully saturated rings. The van der Waals surface area contributed by atoms with Gasteiger partial charge in [-0.1, -0.05) is 13.8 Å². The first-order valence-electron chi connectivity index (χ1n) is 3.43. The molecule has 0 radical (unpaired) electrons. The van der Waals surface area contributed by atoms with E-state index in [1.807, 2.05) is 0 Å². The minimum Gasteiger partial charge on any atom is -0.548 e. The number of carbonyl (C=O) groups is 2. The van der Waals surface area contributed by atoms with Crippen LogP contribution in [0.1, 0.15) is 20.8 Å². The minimum absolute atomic E-state index is 0.149. The van der Waals surface area contributed by atoms with Gasteiger partial charge in [0, 0.05) is 6.92 Å². The van der Waals surface area contributed by atoms with Crippen molar-refractivity contribution in [3.8, 4) is 0 Å². The van der Waals surface area contributed by atoms with E-state index in [4.69, 9.17) is 0 Å². The largest absolute Gasteiger partial charge is 0.548 e. The topological polar surface area (TPSA) is 69.2 Å². The molecule has 0 saturated heterocycles. The van der Waals surface area contributed by atoms with Crippen LogP contribution in [0.2, 0.25) is 0 Å². The number of hydrogen-bond donors (Lipinski definition) is 1. The number of rotatable bonds is 3. The quantitative estimate of drug-likeness (QED) is 0.566. The summed E-state index contributed by atoms with van der Waals surface area (Å²) < 4.78 is 0. The summed E-state index contributed by atoms with van der Waals surface area (Å²) >= 11 is 0. The highest BCUT2D eigenvalue weighted by Crippen LogP contribution is 1.99. The molecule has 1 N–H and O–H groups in total. The van der Waals surface area contributed by atoms with Gasteiger partial charge in [0.2, 0.25) is 5.91 Å². The Hall–Kier alpha value is -1.06. The highest BCUT2D eigenvalue weighted by Gasteiger charge is 2.14. The molecule has 0 aromatic heterocycles. The third kappa shape index (κ3) is 3.60. The zero-order chi connectivity index (χ0) is 9.02. The molecule has 0 saturated carbocycles. The second kappa shape index (κ2) is 3.95. The van der Waals surface area contributed by atoms with Gasteiger partial charge >= 0.3 is 0 Å². The van der Waals surface area contributed by atoms with E-state index in [1.165, 1.54) is 6.92 Å². The number of amides is 1. The second-order valence-corrected chi connectivity index (χ2v) is 2.74. The summed E-state index contributed by atoms with van der Waals surface area (Å²) in [4.78, 5) is 20.8. The number of carbonyl (C=O) groups excluding carboxylic acids is 2. The van der Waals surface area contributed by atoms with Gasteiger partial charge in [0.15, 0.2) is 0 Å². The van der Waals surface area contributed by atoms with Crippen LogP contribution in [-0.2, 0) is 9.59 Å². The molecular formula is C7H12NO3-. The van der Waals surface area contributed by atoms with Crippen molar-refractivity contribution < 1.29 is 14.7 Å². The molecular weight excluding hydrogens is 146 g/mol. The zero-order valence-electron chi connectivity index (χ0n) is 6.88. The van der Waals surface area contributed by atoms with Gasteiger partial charge in [-0.3, -0.25) is 4.79 Å². The Morgan fingerprint density at radius 1 is 1.36 bits per heavy atom. The van der Waals surface area contributed by atoms with Crippen LogP contribution in [0, 0.1) is 5.92 Å². The number of carboxylic acids is 1. The predicted molar refractivity (Wildman–Crippen MR) is 37.4 cm³/mol. The van der Waals surface area contributed by atoms with Crippen LogP contribution < -0.4 is 10.4 Å². The number of aliphatic carboxylic acids is 1. The first-order chi connectivity index (χ1) is 4.95. The van der Waals surface area contributed by atoms with Crippen molar-refractivity contribution in [3.05, 3.63) is 0 Å². The molecule has 1 atom stereocenters. The average molecular weight is 158 g/mol. The van der Waals surface area contributed by atoms with Crippen LogP contribution in [0.3, 0.4) is 0 Å². The summed E-state index contributed by atoms with van der Waals surface area (Å²) in [6.07, 6.45) is 0. The summed E-state index contributed by atoms with van der Waals surface area (Å²) in [5, 5.41) is 12.6. The molecule has 11 heavy (non-hydrogen) atoms. The van der Waals surface area contributed by atoms with Gasteiger partial charge in [0.1, 0.15) is 0 Å². The van der Waals surface area contributed by atoms with Gasteiger partial charge in [-0.25, -0.2) is 0 Å². The van der Waals surface area contributed by atoms with Gasteiger partial charge in [-0.05, 0) is 5.92 Å². The zero-order valence-corrected chi connectivity index (χ0v) is 6.88. The minimum atomic E-state index is -1.24. The molecule has 0 aliphatic rings. The summed E-state index contributed by atoms with van der Waals surface area (Å²) in [7, 11) is 0. The first-order valence-corrected chi connectivity index (χ1v) is 3.43. The molecule has 1 unspecified atom stereocenters. The van der Waals surface area contributed by atoms with Gasteiger partial charge < -0.3 is 15.2 Å². The number of hydrogen-bond acceptors (Lipinski definition) is 3. The number of nitrogens with one attached hydrogen (secondary N) is 1. The van der Waals surface area contributed by atoms with Crippen molar-refractivity contribution in [2.75, 3.05) is 0 Å². The predicted octanol–water partition coefficient (Wildman–Crippen LogP) is -1.10. The molecule has 0 spiro atoms. The Bertz CT molecular complexity index is 165. The highest BCUT2D eigenvalue weighted by atomic mass is 16.4. The lowest BCUT2D eigenvalue weighted by molar-refractivity contribution is -0.309.